The summed E-state index contributed by atoms with van der Waals surface area (Å²) in [5.74, 6) is 0. The average Bonchev–Trinajstić information content (AvgIpc) is 1.91. The van der Waals surface area contributed by atoms with E-state index < -0.39 is 33.5 Å². The van der Waals surface area contributed by atoms with Crippen molar-refractivity contribution in [3.8, 4) is 0 Å². The first-order chi connectivity index (χ1) is 6.81. The standard InChI is InChI=1S/C4H11O9P3/c1-2-3(14(5,6)7)4(15(8,9)10)16(11,12)13/h2,4H,1H3,(H2,5,6,7)(H2,8,9,10)(H2,11,12,13)/b3-2-. The molecule has 0 aliphatic rings. The van der Waals surface area contributed by atoms with Gasteiger partial charge in [-0.3, -0.25) is 13.7 Å². The molecule has 0 aliphatic heterocycles. The number of hydrogen-bond donors (Lipinski definition) is 6. The third-order valence-electron chi connectivity index (χ3n) is 1.53. The Kier molecular flexibility index (Phi) is 4.88. The Bertz CT molecular complexity index is 398. The van der Waals surface area contributed by atoms with Crippen LogP contribution in [0.15, 0.2) is 11.4 Å². The highest BCUT2D eigenvalue weighted by Crippen LogP contribution is 2.68. The molecule has 96 valence electrons. The van der Waals surface area contributed by atoms with E-state index >= 15 is 0 Å². The van der Waals surface area contributed by atoms with Crippen LogP contribution in [0.5, 0.6) is 0 Å². The largest absolute Gasteiger partial charge is 0.353 e. The molecule has 0 saturated heterocycles. The van der Waals surface area contributed by atoms with Crippen LogP contribution in [0.1, 0.15) is 6.92 Å². The highest BCUT2D eigenvalue weighted by Gasteiger charge is 2.50. The van der Waals surface area contributed by atoms with E-state index in [1.54, 1.807) is 0 Å². The average molecular weight is 296 g/mol. The summed E-state index contributed by atoms with van der Waals surface area (Å²) < 4.78 is 32.5. The summed E-state index contributed by atoms with van der Waals surface area (Å²) in [6, 6.07) is 0. The lowest BCUT2D eigenvalue weighted by atomic mass is 10.6. The zero-order chi connectivity index (χ0) is 13.4. The van der Waals surface area contributed by atoms with Crippen LogP contribution in [0.2, 0.25) is 0 Å². The van der Waals surface area contributed by atoms with Crippen molar-refractivity contribution in [1.82, 2.24) is 0 Å². The van der Waals surface area contributed by atoms with Gasteiger partial charge in [0.15, 0.2) is 5.40 Å². The Morgan fingerprint density at radius 3 is 1.31 bits per heavy atom. The molecule has 0 unspecified atom stereocenters. The van der Waals surface area contributed by atoms with Crippen LogP contribution in [-0.4, -0.2) is 34.8 Å². The second-order valence-corrected chi connectivity index (χ2v) is 8.21. The van der Waals surface area contributed by atoms with Gasteiger partial charge in [-0.2, -0.15) is 0 Å². The summed E-state index contributed by atoms with van der Waals surface area (Å²) in [4.78, 5) is 52.3. The van der Waals surface area contributed by atoms with E-state index in [2.05, 4.69) is 0 Å². The minimum atomic E-state index is -5.39. The smallest absolute Gasteiger partial charge is 0.324 e. The zero-order valence-corrected chi connectivity index (χ0v) is 10.6. The topological polar surface area (TPSA) is 173 Å². The van der Waals surface area contributed by atoms with Crippen LogP contribution >= 0.6 is 22.8 Å². The van der Waals surface area contributed by atoms with Gasteiger partial charge in [0, 0.05) is 0 Å². The van der Waals surface area contributed by atoms with Crippen molar-refractivity contribution in [2.45, 2.75) is 12.3 Å². The number of rotatable bonds is 4. The van der Waals surface area contributed by atoms with Gasteiger partial charge >= 0.3 is 22.8 Å². The Morgan fingerprint density at radius 2 is 1.25 bits per heavy atom. The molecule has 9 nitrogen and oxygen atoms in total. The molecule has 0 aromatic heterocycles. The van der Waals surface area contributed by atoms with E-state index in [-0.39, 0.29) is 0 Å². The lowest BCUT2D eigenvalue weighted by molar-refractivity contribution is 0.339. The van der Waals surface area contributed by atoms with E-state index in [0.29, 0.717) is 6.08 Å². The van der Waals surface area contributed by atoms with Crippen LogP contribution in [0.4, 0.5) is 0 Å². The zero-order valence-electron chi connectivity index (χ0n) is 7.90. The van der Waals surface area contributed by atoms with Crippen molar-refractivity contribution in [2.75, 3.05) is 0 Å². The second-order valence-electron chi connectivity index (χ2n) is 2.81. The van der Waals surface area contributed by atoms with Gasteiger partial charge in [-0.1, -0.05) is 6.08 Å². The normalized spacial score (nSPS) is 15.6. The van der Waals surface area contributed by atoms with Crippen LogP contribution in [0, 0.1) is 0 Å². The molecule has 0 rings (SSSR count). The summed E-state index contributed by atoms with van der Waals surface area (Å²) >= 11 is 0. The van der Waals surface area contributed by atoms with Crippen molar-refractivity contribution in [2.24, 2.45) is 0 Å². The van der Waals surface area contributed by atoms with Gasteiger partial charge in [-0.25, -0.2) is 0 Å². The van der Waals surface area contributed by atoms with Crippen molar-refractivity contribution >= 4 is 22.8 Å². The molecule has 12 heteroatoms. The van der Waals surface area contributed by atoms with E-state index in [9.17, 15) is 13.7 Å². The Hall–Kier alpha value is 0.190. The van der Waals surface area contributed by atoms with Gasteiger partial charge in [0.1, 0.15) is 0 Å². The van der Waals surface area contributed by atoms with Crippen LogP contribution in [0.3, 0.4) is 0 Å². The summed E-state index contributed by atoms with van der Waals surface area (Å²) in [6.07, 6.45) is 0.587. The molecule has 16 heavy (non-hydrogen) atoms. The Labute approximate surface area is 90.3 Å². The molecule has 0 saturated carbocycles. The van der Waals surface area contributed by atoms with Crippen molar-refractivity contribution in [3.63, 3.8) is 0 Å². The molecule has 0 atom stereocenters. The fourth-order valence-corrected chi connectivity index (χ4v) is 6.01. The highest BCUT2D eigenvalue weighted by atomic mass is 31.2. The quantitative estimate of drug-likeness (QED) is 0.382. The molecule has 0 heterocycles. The first kappa shape index (κ1) is 16.2. The monoisotopic (exact) mass is 296 g/mol. The molecule has 0 aromatic rings. The Balaban J connectivity index is 5.85. The molecule has 6 N–H and O–H groups in total. The van der Waals surface area contributed by atoms with Gasteiger partial charge in [0.2, 0.25) is 0 Å². The van der Waals surface area contributed by atoms with Crippen LogP contribution in [-0.2, 0) is 13.7 Å². The molecule has 0 spiro atoms. The summed E-state index contributed by atoms with van der Waals surface area (Å²) in [6.45, 7) is 1.01. The predicted molar refractivity (Wildman–Crippen MR) is 53.7 cm³/mol. The van der Waals surface area contributed by atoms with E-state index in [4.69, 9.17) is 29.4 Å². The van der Waals surface area contributed by atoms with E-state index in [1.807, 2.05) is 0 Å². The molecular formula is C4H11O9P3. The van der Waals surface area contributed by atoms with Crippen molar-refractivity contribution in [1.29, 1.82) is 0 Å². The highest BCUT2D eigenvalue weighted by molar-refractivity contribution is 7.73. The van der Waals surface area contributed by atoms with Gasteiger partial charge < -0.3 is 29.4 Å². The number of allylic oxidation sites excluding steroid dienone is 2. The fraction of sp³-hybridized carbons (Fsp3) is 0.500. The van der Waals surface area contributed by atoms with Crippen molar-refractivity contribution < 1.29 is 43.1 Å². The van der Waals surface area contributed by atoms with Crippen molar-refractivity contribution in [3.05, 3.63) is 11.4 Å². The SMILES string of the molecule is C/C=C(/C(P(=O)(O)O)P(=O)(O)O)P(=O)(O)O. The van der Waals surface area contributed by atoms with E-state index in [0.717, 1.165) is 6.92 Å². The van der Waals surface area contributed by atoms with Gasteiger partial charge in [0.05, 0.1) is 5.31 Å². The summed E-state index contributed by atoms with van der Waals surface area (Å²) in [5, 5.41) is -4.08. The van der Waals surface area contributed by atoms with Gasteiger partial charge in [0.25, 0.3) is 0 Å². The summed E-state index contributed by atoms with van der Waals surface area (Å²) in [7, 11) is -15.9. The minimum Gasteiger partial charge on any atom is -0.324 e. The Morgan fingerprint density at radius 1 is 0.938 bits per heavy atom. The minimum absolute atomic E-state index is 0.587. The van der Waals surface area contributed by atoms with E-state index in [1.165, 1.54) is 0 Å². The maximum Gasteiger partial charge on any atom is 0.353 e. The molecule has 0 amide bonds. The first-order valence-corrected chi connectivity index (χ1v) is 8.62. The third-order valence-corrected chi connectivity index (χ3v) is 6.77. The maximum absolute atomic E-state index is 10.8. The van der Waals surface area contributed by atoms with Crippen LogP contribution < -0.4 is 0 Å². The molecule has 0 aromatic carbocycles. The number of hydrogen-bond acceptors (Lipinski definition) is 3. The molecular weight excluding hydrogens is 285 g/mol. The first-order valence-electron chi connectivity index (χ1n) is 3.64. The maximum atomic E-state index is 10.8. The molecule has 0 radical (unpaired) electrons. The fourth-order valence-electron chi connectivity index (χ4n) is 1.01. The predicted octanol–water partition coefficient (Wildman–Crippen LogP) is -0.251. The second kappa shape index (κ2) is 4.82. The lowest BCUT2D eigenvalue weighted by Crippen LogP contribution is -2.13. The van der Waals surface area contributed by atoms with Gasteiger partial charge in [-0.15, -0.1) is 0 Å². The molecule has 0 fully saturated rings. The van der Waals surface area contributed by atoms with Gasteiger partial charge in [-0.05, 0) is 6.92 Å². The summed E-state index contributed by atoms with van der Waals surface area (Å²) in [5.41, 5.74) is 0. The molecule has 0 aliphatic carbocycles. The third kappa shape index (κ3) is 4.22. The lowest BCUT2D eigenvalue weighted by Gasteiger charge is -2.22. The molecule has 0 bridgehead atoms. The van der Waals surface area contributed by atoms with Crippen LogP contribution in [0.25, 0.3) is 0 Å².